The highest BCUT2D eigenvalue weighted by Crippen LogP contribution is 2.42. The Kier molecular flexibility index (Phi) is 4.67. The Balaban J connectivity index is 2.47. The average molecular weight is 207 g/mol. The second kappa shape index (κ2) is 5.56. The lowest BCUT2D eigenvalue weighted by molar-refractivity contribution is 0.221. The van der Waals surface area contributed by atoms with E-state index in [1.54, 1.807) is 0 Å². The SMILES string of the molecule is C#CC(C)NCC1(CC(C)C)CCCC1. The van der Waals surface area contributed by atoms with Crippen molar-refractivity contribution in [1.82, 2.24) is 5.32 Å². The minimum atomic E-state index is 0.217. The lowest BCUT2D eigenvalue weighted by Crippen LogP contribution is -2.37. The minimum Gasteiger partial charge on any atom is -0.303 e. The highest BCUT2D eigenvalue weighted by molar-refractivity contribution is 4.97. The molecule has 1 unspecified atom stereocenters. The first-order valence-electron chi connectivity index (χ1n) is 6.27. The van der Waals surface area contributed by atoms with Gasteiger partial charge in [0.25, 0.3) is 0 Å². The molecule has 0 spiro atoms. The van der Waals surface area contributed by atoms with Crippen LogP contribution in [0.1, 0.15) is 52.9 Å². The fraction of sp³-hybridized carbons (Fsp3) is 0.857. The van der Waals surface area contributed by atoms with Crippen LogP contribution in [0.3, 0.4) is 0 Å². The van der Waals surface area contributed by atoms with Crippen LogP contribution in [0.4, 0.5) is 0 Å². The summed E-state index contributed by atoms with van der Waals surface area (Å²) in [4.78, 5) is 0. The number of rotatable bonds is 5. The normalized spacial score (nSPS) is 21.5. The molecule has 1 aliphatic carbocycles. The van der Waals surface area contributed by atoms with E-state index < -0.39 is 0 Å². The van der Waals surface area contributed by atoms with Crippen LogP contribution in [-0.4, -0.2) is 12.6 Å². The third kappa shape index (κ3) is 3.87. The van der Waals surface area contributed by atoms with Crippen LogP contribution in [0.2, 0.25) is 0 Å². The van der Waals surface area contributed by atoms with Crippen molar-refractivity contribution in [3.63, 3.8) is 0 Å². The van der Waals surface area contributed by atoms with Crippen molar-refractivity contribution in [1.29, 1.82) is 0 Å². The molecule has 1 saturated carbocycles. The summed E-state index contributed by atoms with van der Waals surface area (Å²) >= 11 is 0. The molecule has 0 bridgehead atoms. The predicted molar refractivity (Wildman–Crippen MR) is 66.7 cm³/mol. The zero-order valence-electron chi connectivity index (χ0n) is 10.5. The zero-order valence-corrected chi connectivity index (χ0v) is 10.5. The maximum absolute atomic E-state index is 5.39. The summed E-state index contributed by atoms with van der Waals surface area (Å²) in [6.07, 6.45) is 12.3. The molecule has 1 aliphatic rings. The van der Waals surface area contributed by atoms with Crippen LogP contribution in [0.25, 0.3) is 0 Å². The highest BCUT2D eigenvalue weighted by Gasteiger charge is 2.34. The summed E-state index contributed by atoms with van der Waals surface area (Å²) in [5, 5.41) is 3.48. The minimum absolute atomic E-state index is 0.217. The monoisotopic (exact) mass is 207 g/mol. The first-order valence-corrected chi connectivity index (χ1v) is 6.27. The standard InChI is InChI=1S/C14H25N/c1-5-13(4)15-11-14(10-12(2)3)8-6-7-9-14/h1,12-13,15H,6-11H2,2-4H3. The van der Waals surface area contributed by atoms with E-state index in [1.807, 2.05) is 0 Å². The van der Waals surface area contributed by atoms with Gasteiger partial charge in [0.1, 0.15) is 0 Å². The van der Waals surface area contributed by atoms with Gasteiger partial charge in [-0.25, -0.2) is 0 Å². The summed E-state index contributed by atoms with van der Waals surface area (Å²) in [7, 11) is 0. The Morgan fingerprint density at radius 2 is 1.87 bits per heavy atom. The lowest BCUT2D eigenvalue weighted by Gasteiger charge is -2.32. The van der Waals surface area contributed by atoms with Crippen LogP contribution in [0.5, 0.6) is 0 Å². The molecular weight excluding hydrogens is 182 g/mol. The molecule has 86 valence electrons. The Hall–Kier alpha value is -0.480. The number of hydrogen-bond acceptors (Lipinski definition) is 1. The topological polar surface area (TPSA) is 12.0 Å². The van der Waals surface area contributed by atoms with Gasteiger partial charge in [0.05, 0.1) is 6.04 Å². The molecule has 0 amide bonds. The molecule has 1 N–H and O–H groups in total. The molecule has 1 nitrogen and oxygen atoms in total. The molecule has 0 radical (unpaired) electrons. The predicted octanol–water partition coefficient (Wildman–Crippen LogP) is 3.20. The third-order valence-corrected chi connectivity index (χ3v) is 3.54. The Labute approximate surface area is 95.0 Å². The maximum Gasteiger partial charge on any atom is 0.0658 e. The largest absolute Gasteiger partial charge is 0.303 e. The van der Waals surface area contributed by atoms with Gasteiger partial charge in [-0.3, -0.25) is 0 Å². The van der Waals surface area contributed by atoms with Crippen LogP contribution in [0.15, 0.2) is 0 Å². The van der Waals surface area contributed by atoms with E-state index in [4.69, 9.17) is 6.42 Å². The Morgan fingerprint density at radius 3 is 2.33 bits per heavy atom. The van der Waals surface area contributed by atoms with E-state index in [1.165, 1.54) is 32.1 Å². The van der Waals surface area contributed by atoms with Crippen molar-refractivity contribution < 1.29 is 0 Å². The smallest absolute Gasteiger partial charge is 0.0658 e. The van der Waals surface area contributed by atoms with Gasteiger partial charge in [-0.05, 0) is 37.5 Å². The third-order valence-electron chi connectivity index (χ3n) is 3.54. The molecule has 1 atom stereocenters. The van der Waals surface area contributed by atoms with Gasteiger partial charge in [0.2, 0.25) is 0 Å². The van der Waals surface area contributed by atoms with Crippen molar-refractivity contribution in [3.05, 3.63) is 0 Å². The maximum atomic E-state index is 5.39. The van der Waals surface area contributed by atoms with Gasteiger partial charge < -0.3 is 5.32 Å². The number of nitrogens with one attached hydrogen (secondary N) is 1. The molecule has 0 aromatic carbocycles. The van der Waals surface area contributed by atoms with Crippen molar-refractivity contribution >= 4 is 0 Å². The summed E-state index contributed by atoms with van der Waals surface area (Å²) < 4.78 is 0. The quantitative estimate of drug-likeness (QED) is 0.683. The van der Waals surface area contributed by atoms with Crippen LogP contribution < -0.4 is 5.32 Å². The second-order valence-corrected chi connectivity index (χ2v) is 5.57. The second-order valence-electron chi connectivity index (χ2n) is 5.57. The van der Waals surface area contributed by atoms with Gasteiger partial charge in [-0.2, -0.15) is 0 Å². The van der Waals surface area contributed by atoms with E-state index in [0.717, 1.165) is 12.5 Å². The van der Waals surface area contributed by atoms with Crippen molar-refractivity contribution in [2.75, 3.05) is 6.54 Å². The molecular formula is C14H25N. The van der Waals surface area contributed by atoms with E-state index in [-0.39, 0.29) is 6.04 Å². The molecule has 0 saturated heterocycles. The van der Waals surface area contributed by atoms with Crippen molar-refractivity contribution in [3.8, 4) is 12.3 Å². The van der Waals surface area contributed by atoms with Crippen LogP contribution in [-0.2, 0) is 0 Å². The summed E-state index contributed by atoms with van der Waals surface area (Å²) in [6, 6.07) is 0.217. The fourth-order valence-corrected chi connectivity index (χ4v) is 2.87. The Morgan fingerprint density at radius 1 is 1.27 bits per heavy atom. The van der Waals surface area contributed by atoms with Gasteiger partial charge >= 0.3 is 0 Å². The Bertz CT molecular complexity index is 218. The number of terminal acetylenes is 1. The average Bonchev–Trinajstić information content (AvgIpc) is 2.62. The molecule has 0 heterocycles. The molecule has 1 rings (SSSR count). The van der Waals surface area contributed by atoms with Gasteiger partial charge in [0, 0.05) is 6.54 Å². The van der Waals surface area contributed by atoms with E-state index >= 15 is 0 Å². The highest BCUT2D eigenvalue weighted by atomic mass is 14.9. The van der Waals surface area contributed by atoms with Crippen molar-refractivity contribution in [2.45, 2.75) is 58.9 Å². The number of hydrogen-bond donors (Lipinski definition) is 1. The van der Waals surface area contributed by atoms with Gasteiger partial charge in [0.15, 0.2) is 0 Å². The lowest BCUT2D eigenvalue weighted by atomic mass is 9.78. The zero-order chi connectivity index (χ0) is 11.3. The molecule has 0 aliphatic heterocycles. The van der Waals surface area contributed by atoms with Crippen LogP contribution in [0, 0.1) is 23.7 Å². The summed E-state index contributed by atoms with van der Waals surface area (Å²) in [6.45, 7) is 7.82. The molecule has 1 heteroatoms. The van der Waals surface area contributed by atoms with Gasteiger partial charge in [-0.15, -0.1) is 6.42 Å². The molecule has 0 aromatic rings. The first-order chi connectivity index (χ1) is 7.08. The first kappa shape index (κ1) is 12.6. The van der Waals surface area contributed by atoms with E-state index in [9.17, 15) is 0 Å². The molecule has 0 aromatic heterocycles. The van der Waals surface area contributed by atoms with E-state index in [0.29, 0.717) is 5.41 Å². The molecule has 1 fully saturated rings. The van der Waals surface area contributed by atoms with Gasteiger partial charge in [-0.1, -0.05) is 32.6 Å². The summed E-state index contributed by atoms with van der Waals surface area (Å²) in [5.74, 6) is 3.55. The van der Waals surface area contributed by atoms with Crippen molar-refractivity contribution in [2.24, 2.45) is 11.3 Å². The molecule has 15 heavy (non-hydrogen) atoms. The van der Waals surface area contributed by atoms with Crippen LogP contribution >= 0.6 is 0 Å². The van der Waals surface area contributed by atoms with E-state index in [2.05, 4.69) is 32.0 Å². The summed E-state index contributed by atoms with van der Waals surface area (Å²) in [5.41, 5.74) is 0.541. The fourth-order valence-electron chi connectivity index (χ4n) is 2.87.